The molecule has 19 heavy (non-hydrogen) atoms. The fourth-order valence-corrected chi connectivity index (χ4v) is 2.65. The third kappa shape index (κ3) is 3.49. The molecule has 102 valence electrons. The highest BCUT2D eigenvalue weighted by Crippen LogP contribution is 2.35. The Bertz CT molecular complexity index is 613. The largest absolute Gasteiger partial charge is 0.417 e. The van der Waals surface area contributed by atoms with Crippen LogP contribution < -0.4 is 0 Å². The van der Waals surface area contributed by atoms with E-state index in [1.807, 2.05) is 0 Å². The van der Waals surface area contributed by atoms with Gasteiger partial charge in [0.05, 0.1) is 17.1 Å². The van der Waals surface area contributed by atoms with Crippen LogP contribution in [-0.4, -0.2) is 14.8 Å². The number of alkyl halides is 3. The zero-order valence-corrected chi connectivity index (χ0v) is 13.0. The average Bonchev–Trinajstić information content (AvgIpc) is 2.58. The SMILES string of the molecule is FC(F)(F)c1cc(Cn2nc(Br)nc2Br)ccc1Cl. The molecule has 0 saturated carbocycles. The molecule has 0 N–H and O–H groups in total. The van der Waals surface area contributed by atoms with Crippen LogP contribution in [0.25, 0.3) is 0 Å². The first kappa shape index (κ1) is 14.8. The number of hydrogen-bond donors (Lipinski definition) is 0. The number of benzene rings is 1. The summed E-state index contributed by atoms with van der Waals surface area (Å²) in [6.07, 6.45) is -4.48. The van der Waals surface area contributed by atoms with E-state index in [2.05, 4.69) is 41.9 Å². The Kier molecular flexibility index (Phi) is 4.22. The summed E-state index contributed by atoms with van der Waals surface area (Å²) < 4.78 is 40.3. The number of halogens is 6. The Hall–Kier alpha value is -0.600. The summed E-state index contributed by atoms with van der Waals surface area (Å²) in [5, 5.41) is 3.66. The molecule has 0 radical (unpaired) electrons. The summed E-state index contributed by atoms with van der Waals surface area (Å²) >= 11 is 11.8. The molecular formula is C10H5Br2ClF3N3. The van der Waals surface area contributed by atoms with Gasteiger partial charge in [-0.2, -0.15) is 18.2 Å². The Morgan fingerprint density at radius 3 is 2.47 bits per heavy atom. The molecule has 0 unspecified atom stereocenters. The van der Waals surface area contributed by atoms with E-state index in [1.165, 1.54) is 16.8 Å². The third-order valence-electron chi connectivity index (χ3n) is 2.27. The van der Waals surface area contributed by atoms with E-state index >= 15 is 0 Å². The highest BCUT2D eigenvalue weighted by molar-refractivity contribution is 9.11. The fraction of sp³-hybridized carbons (Fsp3) is 0.200. The van der Waals surface area contributed by atoms with Crippen LogP contribution in [0.15, 0.2) is 27.7 Å². The maximum absolute atomic E-state index is 12.7. The minimum atomic E-state index is -4.48. The molecule has 0 aliphatic heterocycles. The van der Waals surface area contributed by atoms with Crippen LogP contribution in [0.3, 0.4) is 0 Å². The lowest BCUT2D eigenvalue weighted by molar-refractivity contribution is -0.137. The van der Waals surface area contributed by atoms with Gasteiger partial charge in [0.15, 0.2) is 4.73 Å². The summed E-state index contributed by atoms with van der Waals surface area (Å²) in [5.41, 5.74) is -0.434. The topological polar surface area (TPSA) is 30.7 Å². The van der Waals surface area contributed by atoms with E-state index in [-0.39, 0.29) is 11.6 Å². The Balaban J connectivity index is 2.34. The first-order valence-corrected chi connectivity index (χ1v) is 6.85. The minimum Gasteiger partial charge on any atom is -0.235 e. The molecule has 0 bridgehead atoms. The molecule has 0 atom stereocenters. The van der Waals surface area contributed by atoms with Gasteiger partial charge < -0.3 is 0 Å². The van der Waals surface area contributed by atoms with Crippen molar-refractivity contribution >= 4 is 43.5 Å². The molecule has 0 amide bonds. The van der Waals surface area contributed by atoms with Gasteiger partial charge in [-0.05, 0) is 49.6 Å². The molecule has 9 heteroatoms. The molecule has 2 rings (SSSR count). The zero-order valence-electron chi connectivity index (χ0n) is 9.05. The van der Waals surface area contributed by atoms with Gasteiger partial charge in [-0.25, -0.2) is 4.68 Å². The standard InChI is InChI=1S/C10H5Br2ClF3N3/c11-8-17-9(12)19(18-8)4-5-1-2-7(13)6(3-5)10(14,15)16/h1-3H,4H2. The molecule has 2 aromatic rings. The van der Waals surface area contributed by atoms with E-state index < -0.39 is 11.7 Å². The first-order valence-electron chi connectivity index (χ1n) is 4.89. The predicted molar refractivity (Wildman–Crippen MR) is 71.0 cm³/mol. The first-order chi connectivity index (χ1) is 8.77. The Labute approximate surface area is 128 Å². The average molecular weight is 419 g/mol. The van der Waals surface area contributed by atoms with E-state index in [9.17, 15) is 13.2 Å². The zero-order chi connectivity index (χ0) is 14.2. The second-order valence-corrected chi connectivity index (χ2v) is 5.45. The van der Waals surface area contributed by atoms with E-state index in [4.69, 9.17) is 11.6 Å². The number of nitrogens with zero attached hydrogens (tertiary/aromatic N) is 3. The molecule has 0 saturated heterocycles. The molecule has 1 aromatic carbocycles. The third-order valence-corrected chi connectivity index (χ3v) is 3.52. The van der Waals surface area contributed by atoms with Crippen LogP contribution in [0.5, 0.6) is 0 Å². The Morgan fingerprint density at radius 2 is 1.95 bits per heavy atom. The van der Waals surface area contributed by atoms with E-state index in [0.29, 0.717) is 15.0 Å². The maximum Gasteiger partial charge on any atom is 0.417 e. The molecule has 0 aliphatic rings. The van der Waals surface area contributed by atoms with Crippen LogP contribution in [-0.2, 0) is 12.7 Å². The van der Waals surface area contributed by atoms with Crippen LogP contribution in [0.1, 0.15) is 11.1 Å². The molecule has 3 nitrogen and oxygen atoms in total. The number of hydrogen-bond acceptors (Lipinski definition) is 2. The van der Waals surface area contributed by atoms with Crippen LogP contribution in [0.2, 0.25) is 5.02 Å². The predicted octanol–water partition coefficient (Wildman–Crippen LogP) is 4.52. The monoisotopic (exact) mass is 417 g/mol. The van der Waals surface area contributed by atoms with Gasteiger partial charge >= 0.3 is 6.18 Å². The van der Waals surface area contributed by atoms with E-state index in [1.54, 1.807) is 0 Å². The van der Waals surface area contributed by atoms with Crippen molar-refractivity contribution in [2.75, 3.05) is 0 Å². The van der Waals surface area contributed by atoms with Crippen molar-refractivity contribution in [1.29, 1.82) is 0 Å². The van der Waals surface area contributed by atoms with Crippen molar-refractivity contribution in [2.24, 2.45) is 0 Å². The van der Waals surface area contributed by atoms with E-state index in [0.717, 1.165) is 6.07 Å². The van der Waals surface area contributed by atoms with Crippen molar-refractivity contribution in [1.82, 2.24) is 14.8 Å². The lowest BCUT2D eigenvalue weighted by Gasteiger charge is -2.11. The van der Waals surface area contributed by atoms with Crippen LogP contribution in [0.4, 0.5) is 13.2 Å². The second kappa shape index (κ2) is 5.41. The van der Waals surface area contributed by atoms with Crippen molar-refractivity contribution in [3.05, 3.63) is 43.8 Å². The molecular weight excluding hydrogens is 414 g/mol. The van der Waals surface area contributed by atoms with Gasteiger partial charge in [0.25, 0.3) is 0 Å². The lowest BCUT2D eigenvalue weighted by atomic mass is 10.1. The summed E-state index contributed by atoms with van der Waals surface area (Å²) in [6.45, 7) is 0.152. The summed E-state index contributed by atoms with van der Waals surface area (Å²) in [4.78, 5) is 3.93. The molecule has 1 aromatic heterocycles. The molecule has 1 heterocycles. The highest BCUT2D eigenvalue weighted by Gasteiger charge is 2.33. The summed E-state index contributed by atoms with van der Waals surface area (Å²) in [7, 11) is 0. The number of aromatic nitrogens is 3. The van der Waals surface area contributed by atoms with Gasteiger partial charge in [0, 0.05) is 0 Å². The highest BCUT2D eigenvalue weighted by atomic mass is 79.9. The Morgan fingerprint density at radius 1 is 1.26 bits per heavy atom. The van der Waals surface area contributed by atoms with Crippen molar-refractivity contribution < 1.29 is 13.2 Å². The number of rotatable bonds is 2. The maximum atomic E-state index is 12.7. The van der Waals surface area contributed by atoms with Crippen molar-refractivity contribution in [3.63, 3.8) is 0 Å². The van der Waals surface area contributed by atoms with Gasteiger partial charge in [-0.3, -0.25) is 0 Å². The molecule has 0 fully saturated rings. The smallest absolute Gasteiger partial charge is 0.235 e. The normalized spacial score (nSPS) is 11.9. The lowest BCUT2D eigenvalue weighted by Crippen LogP contribution is -2.08. The quantitative estimate of drug-likeness (QED) is 0.717. The van der Waals surface area contributed by atoms with Gasteiger partial charge in [0.2, 0.25) is 4.73 Å². The molecule has 0 aliphatic carbocycles. The minimum absolute atomic E-state index is 0.152. The van der Waals surface area contributed by atoms with Crippen LogP contribution in [0, 0.1) is 0 Å². The molecule has 0 spiro atoms. The van der Waals surface area contributed by atoms with Crippen molar-refractivity contribution in [3.8, 4) is 0 Å². The van der Waals surface area contributed by atoms with Crippen molar-refractivity contribution in [2.45, 2.75) is 12.7 Å². The van der Waals surface area contributed by atoms with Gasteiger partial charge in [-0.15, -0.1) is 5.10 Å². The van der Waals surface area contributed by atoms with Gasteiger partial charge in [-0.1, -0.05) is 17.7 Å². The van der Waals surface area contributed by atoms with Crippen LogP contribution >= 0.6 is 43.5 Å². The fourth-order valence-electron chi connectivity index (χ4n) is 1.46. The van der Waals surface area contributed by atoms with Gasteiger partial charge in [0.1, 0.15) is 0 Å². The summed E-state index contributed by atoms with van der Waals surface area (Å²) in [6, 6.07) is 3.74. The summed E-state index contributed by atoms with van der Waals surface area (Å²) in [5.74, 6) is 0. The second-order valence-electron chi connectivity index (χ2n) is 3.62.